The van der Waals surface area contributed by atoms with Gasteiger partial charge in [-0.1, -0.05) is 0 Å². The van der Waals surface area contributed by atoms with Gasteiger partial charge in [0.25, 0.3) is 0 Å². The zero-order chi connectivity index (χ0) is 9.68. The molecule has 1 heterocycles. The van der Waals surface area contributed by atoms with Crippen LogP contribution in [0.25, 0.3) is 0 Å². The summed E-state index contributed by atoms with van der Waals surface area (Å²) in [6, 6.07) is 0.0576. The summed E-state index contributed by atoms with van der Waals surface area (Å²) >= 11 is 0. The molecule has 0 unspecified atom stereocenters. The number of nitrogens with zero attached hydrogens (tertiary/aromatic N) is 1. The first-order chi connectivity index (χ1) is 6.20. The van der Waals surface area contributed by atoms with Crippen LogP contribution in [0, 0.1) is 0 Å². The molecule has 76 valence electrons. The molecule has 2 N–H and O–H groups in total. The molecule has 1 aliphatic heterocycles. The van der Waals surface area contributed by atoms with Gasteiger partial charge in [0, 0.05) is 13.1 Å². The monoisotopic (exact) mass is 185 g/mol. The molecule has 1 fully saturated rings. The second-order valence-electron chi connectivity index (χ2n) is 3.74. The predicted octanol–water partition coefficient (Wildman–Crippen LogP) is -0.584. The first-order valence-corrected chi connectivity index (χ1v) is 4.86. The SMILES string of the molecule is CN(C)CCNC(=O)[C@@H]1CCCN1. The summed E-state index contributed by atoms with van der Waals surface area (Å²) in [5.41, 5.74) is 0. The zero-order valence-electron chi connectivity index (χ0n) is 8.47. The molecular formula is C9H19N3O. The molecule has 4 heteroatoms. The molecule has 1 atom stereocenters. The number of carbonyl (C=O) groups is 1. The predicted molar refractivity (Wildman–Crippen MR) is 52.6 cm³/mol. The number of amides is 1. The summed E-state index contributed by atoms with van der Waals surface area (Å²) in [5, 5.41) is 6.08. The standard InChI is InChI=1S/C9H19N3O/c1-12(2)7-6-11-9(13)8-4-3-5-10-8/h8,10H,3-7H2,1-2H3,(H,11,13)/t8-/m0/s1. The van der Waals surface area contributed by atoms with Crippen LogP contribution in [-0.2, 0) is 4.79 Å². The van der Waals surface area contributed by atoms with Gasteiger partial charge in [0.15, 0.2) is 0 Å². The van der Waals surface area contributed by atoms with Crippen LogP contribution in [0.4, 0.5) is 0 Å². The van der Waals surface area contributed by atoms with E-state index in [1.54, 1.807) is 0 Å². The Morgan fingerprint density at radius 1 is 1.62 bits per heavy atom. The van der Waals surface area contributed by atoms with Crippen LogP contribution in [0.2, 0.25) is 0 Å². The van der Waals surface area contributed by atoms with Crippen molar-refractivity contribution in [3.05, 3.63) is 0 Å². The zero-order valence-corrected chi connectivity index (χ0v) is 8.47. The van der Waals surface area contributed by atoms with Gasteiger partial charge in [0.2, 0.25) is 5.91 Å². The molecule has 0 spiro atoms. The van der Waals surface area contributed by atoms with E-state index in [4.69, 9.17) is 0 Å². The summed E-state index contributed by atoms with van der Waals surface area (Å²) in [7, 11) is 4.00. The smallest absolute Gasteiger partial charge is 0.237 e. The van der Waals surface area contributed by atoms with E-state index in [1.807, 2.05) is 14.1 Å². The number of likely N-dealkylation sites (N-methyl/N-ethyl adjacent to an activating group) is 1. The normalized spacial score (nSPS) is 22.2. The van der Waals surface area contributed by atoms with E-state index in [2.05, 4.69) is 15.5 Å². The van der Waals surface area contributed by atoms with Gasteiger partial charge >= 0.3 is 0 Å². The first-order valence-electron chi connectivity index (χ1n) is 4.86. The van der Waals surface area contributed by atoms with Gasteiger partial charge in [0.05, 0.1) is 6.04 Å². The van der Waals surface area contributed by atoms with Crippen LogP contribution in [0.15, 0.2) is 0 Å². The van der Waals surface area contributed by atoms with Crippen LogP contribution < -0.4 is 10.6 Å². The molecule has 1 saturated heterocycles. The van der Waals surface area contributed by atoms with E-state index in [-0.39, 0.29) is 11.9 Å². The third-order valence-electron chi connectivity index (χ3n) is 2.24. The second-order valence-corrected chi connectivity index (χ2v) is 3.74. The number of carbonyl (C=O) groups excluding carboxylic acids is 1. The molecule has 13 heavy (non-hydrogen) atoms. The number of hydrogen-bond acceptors (Lipinski definition) is 3. The van der Waals surface area contributed by atoms with Crippen molar-refractivity contribution in [2.45, 2.75) is 18.9 Å². The van der Waals surface area contributed by atoms with Gasteiger partial charge in [-0.25, -0.2) is 0 Å². The lowest BCUT2D eigenvalue weighted by Crippen LogP contribution is -2.42. The van der Waals surface area contributed by atoms with E-state index in [0.29, 0.717) is 0 Å². The van der Waals surface area contributed by atoms with E-state index in [0.717, 1.165) is 32.5 Å². The third kappa shape index (κ3) is 3.74. The second kappa shape index (κ2) is 5.19. The minimum atomic E-state index is 0.0576. The fraction of sp³-hybridized carbons (Fsp3) is 0.889. The lowest BCUT2D eigenvalue weighted by atomic mass is 10.2. The Morgan fingerprint density at radius 3 is 2.92 bits per heavy atom. The number of hydrogen-bond donors (Lipinski definition) is 2. The molecule has 0 bridgehead atoms. The van der Waals surface area contributed by atoms with Crippen molar-refractivity contribution in [1.82, 2.24) is 15.5 Å². The Balaban J connectivity index is 2.10. The maximum absolute atomic E-state index is 11.4. The van der Waals surface area contributed by atoms with Gasteiger partial charge in [-0.05, 0) is 33.5 Å². The lowest BCUT2D eigenvalue weighted by molar-refractivity contribution is -0.122. The van der Waals surface area contributed by atoms with Crippen LogP contribution >= 0.6 is 0 Å². The van der Waals surface area contributed by atoms with Crippen LogP contribution in [-0.4, -0.2) is 50.6 Å². The molecule has 0 aromatic carbocycles. The van der Waals surface area contributed by atoms with Crippen molar-refractivity contribution in [1.29, 1.82) is 0 Å². The van der Waals surface area contributed by atoms with Crippen molar-refractivity contribution in [2.24, 2.45) is 0 Å². The molecule has 0 aromatic heterocycles. The molecule has 0 aliphatic carbocycles. The molecule has 0 radical (unpaired) electrons. The maximum atomic E-state index is 11.4. The molecule has 1 rings (SSSR count). The average molecular weight is 185 g/mol. The number of nitrogens with one attached hydrogen (secondary N) is 2. The Kier molecular flexibility index (Phi) is 4.18. The summed E-state index contributed by atoms with van der Waals surface area (Å²) in [6.45, 7) is 2.62. The molecule has 1 aliphatic rings. The van der Waals surface area contributed by atoms with E-state index >= 15 is 0 Å². The average Bonchev–Trinajstić information content (AvgIpc) is 2.55. The van der Waals surface area contributed by atoms with Gasteiger partial charge in [0.1, 0.15) is 0 Å². The molecule has 4 nitrogen and oxygen atoms in total. The summed E-state index contributed by atoms with van der Waals surface area (Å²) < 4.78 is 0. The summed E-state index contributed by atoms with van der Waals surface area (Å²) in [4.78, 5) is 13.5. The highest BCUT2D eigenvalue weighted by Crippen LogP contribution is 2.03. The minimum Gasteiger partial charge on any atom is -0.353 e. The summed E-state index contributed by atoms with van der Waals surface area (Å²) in [5.74, 6) is 0.152. The molecule has 0 saturated carbocycles. The van der Waals surface area contributed by atoms with Gasteiger partial charge in [-0.15, -0.1) is 0 Å². The van der Waals surface area contributed by atoms with Crippen molar-refractivity contribution in [2.75, 3.05) is 33.7 Å². The topological polar surface area (TPSA) is 44.4 Å². The first kappa shape index (κ1) is 10.5. The Morgan fingerprint density at radius 2 is 2.38 bits per heavy atom. The molecule has 0 aromatic rings. The lowest BCUT2D eigenvalue weighted by Gasteiger charge is -2.13. The highest BCUT2D eigenvalue weighted by atomic mass is 16.2. The van der Waals surface area contributed by atoms with E-state index < -0.39 is 0 Å². The van der Waals surface area contributed by atoms with E-state index in [9.17, 15) is 4.79 Å². The Hall–Kier alpha value is -0.610. The van der Waals surface area contributed by atoms with Crippen molar-refractivity contribution < 1.29 is 4.79 Å². The number of rotatable bonds is 4. The fourth-order valence-corrected chi connectivity index (χ4v) is 1.43. The largest absolute Gasteiger partial charge is 0.353 e. The van der Waals surface area contributed by atoms with Crippen LogP contribution in [0.5, 0.6) is 0 Å². The summed E-state index contributed by atoms with van der Waals surface area (Å²) in [6.07, 6.45) is 2.10. The third-order valence-corrected chi connectivity index (χ3v) is 2.24. The maximum Gasteiger partial charge on any atom is 0.237 e. The van der Waals surface area contributed by atoms with Crippen LogP contribution in [0.3, 0.4) is 0 Å². The van der Waals surface area contributed by atoms with E-state index in [1.165, 1.54) is 0 Å². The van der Waals surface area contributed by atoms with Crippen LogP contribution in [0.1, 0.15) is 12.8 Å². The highest BCUT2D eigenvalue weighted by molar-refractivity contribution is 5.81. The van der Waals surface area contributed by atoms with Gasteiger partial charge in [-0.2, -0.15) is 0 Å². The van der Waals surface area contributed by atoms with Crippen molar-refractivity contribution in [3.8, 4) is 0 Å². The van der Waals surface area contributed by atoms with Crippen molar-refractivity contribution in [3.63, 3.8) is 0 Å². The highest BCUT2D eigenvalue weighted by Gasteiger charge is 2.20. The minimum absolute atomic E-state index is 0.0576. The van der Waals surface area contributed by atoms with Gasteiger partial charge in [-0.3, -0.25) is 4.79 Å². The fourth-order valence-electron chi connectivity index (χ4n) is 1.43. The Labute approximate surface area is 79.7 Å². The Bertz CT molecular complexity index is 164. The molecular weight excluding hydrogens is 166 g/mol. The quantitative estimate of drug-likeness (QED) is 0.615. The van der Waals surface area contributed by atoms with Crippen molar-refractivity contribution >= 4 is 5.91 Å². The molecule has 1 amide bonds. The van der Waals surface area contributed by atoms with Gasteiger partial charge < -0.3 is 15.5 Å².